The van der Waals surface area contributed by atoms with Crippen molar-refractivity contribution in [2.75, 3.05) is 11.4 Å². The van der Waals surface area contributed by atoms with E-state index in [-0.39, 0.29) is 30.2 Å². The third-order valence-corrected chi connectivity index (χ3v) is 4.69. The molecule has 1 fully saturated rings. The Kier molecular flexibility index (Phi) is 6.67. The van der Waals surface area contributed by atoms with Gasteiger partial charge in [0.25, 0.3) is 0 Å². The zero-order chi connectivity index (χ0) is 17.7. The van der Waals surface area contributed by atoms with Crippen LogP contribution in [0.1, 0.15) is 46.5 Å². The molecule has 1 N–H and O–H groups in total. The molecule has 2 rings (SSSR count). The molecule has 5 heteroatoms. The van der Waals surface area contributed by atoms with E-state index in [0.29, 0.717) is 17.5 Å². The van der Waals surface area contributed by atoms with Crippen LogP contribution in [0.25, 0.3) is 0 Å². The second-order valence-corrected chi connectivity index (χ2v) is 7.55. The van der Waals surface area contributed by atoms with Crippen molar-refractivity contribution in [3.8, 4) is 0 Å². The van der Waals surface area contributed by atoms with Crippen LogP contribution in [0.5, 0.6) is 0 Å². The number of nitrogens with one attached hydrogen (secondary N) is 1. The third-order valence-electron chi connectivity index (χ3n) is 4.44. The topological polar surface area (TPSA) is 49.4 Å². The molecule has 1 aliphatic rings. The van der Waals surface area contributed by atoms with E-state index in [1.807, 2.05) is 19.1 Å². The van der Waals surface area contributed by atoms with Gasteiger partial charge in [0.15, 0.2) is 0 Å². The predicted octanol–water partition coefficient (Wildman–Crippen LogP) is 4.02. The highest BCUT2D eigenvalue weighted by atomic mass is 35.5. The molecular formula is C19H27ClN2O2. The zero-order valence-electron chi connectivity index (χ0n) is 14.7. The van der Waals surface area contributed by atoms with E-state index in [2.05, 4.69) is 19.2 Å². The van der Waals surface area contributed by atoms with E-state index < -0.39 is 0 Å². The molecule has 1 aromatic rings. The fourth-order valence-electron chi connectivity index (χ4n) is 3.02. The minimum absolute atomic E-state index is 0.00932. The van der Waals surface area contributed by atoms with Gasteiger partial charge in [-0.3, -0.25) is 9.59 Å². The molecule has 0 aliphatic carbocycles. The van der Waals surface area contributed by atoms with Gasteiger partial charge in [0.05, 0.1) is 5.92 Å². The Morgan fingerprint density at radius 3 is 2.54 bits per heavy atom. The number of halogens is 1. The van der Waals surface area contributed by atoms with Crippen molar-refractivity contribution in [3.05, 3.63) is 29.3 Å². The summed E-state index contributed by atoms with van der Waals surface area (Å²) in [6.45, 7) is 6.88. The van der Waals surface area contributed by atoms with Gasteiger partial charge in [-0.15, -0.1) is 0 Å². The SMILES string of the molecule is CC(C)CCC[C@@H](C)NC(=O)[C@H]1CC(=O)N(c2ccc(Cl)cc2)C1. The summed E-state index contributed by atoms with van der Waals surface area (Å²) in [4.78, 5) is 26.3. The molecule has 0 saturated carbocycles. The Morgan fingerprint density at radius 1 is 1.25 bits per heavy atom. The van der Waals surface area contributed by atoms with Crippen molar-refractivity contribution in [3.63, 3.8) is 0 Å². The number of amides is 2. The van der Waals surface area contributed by atoms with Crippen LogP contribution in [-0.4, -0.2) is 24.4 Å². The number of benzene rings is 1. The minimum Gasteiger partial charge on any atom is -0.353 e. The van der Waals surface area contributed by atoms with Crippen LogP contribution in [0.15, 0.2) is 24.3 Å². The molecule has 0 aromatic heterocycles. The van der Waals surface area contributed by atoms with E-state index in [1.165, 1.54) is 6.42 Å². The van der Waals surface area contributed by atoms with Crippen molar-refractivity contribution >= 4 is 29.1 Å². The number of rotatable bonds is 7. The summed E-state index contributed by atoms with van der Waals surface area (Å²) in [6, 6.07) is 7.29. The van der Waals surface area contributed by atoms with Gasteiger partial charge in [0, 0.05) is 29.7 Å². The van der Waals surface area contributed by atoms with Gasteiger partial charge in [0.2, 0.25) is 11.8 Å². The molecule has 1 saturated heterocycles. The quantitative estimate of drug-likeness (QED) is 0.807. The highest BCUT2D eigenvalue weighted by molar-refractivity contribution is 6.30. The summed E-state index contributed by atoms with van der Waals surface area (Å²) >= 11 is 5.88. The standard InChI is InChI=1S/C19H27ClN2O2/c1-13(2)5-4-6-14(3)21-19(24)15-11-18(23)22(12-15)17-9-7-16(20)8-10-17/h7-10,13-15H,4-6,11-12H2,1-3H3,(H,21,24)/t14-,15+/m1/s1. The Labute approximate surface area is 149 Å². The summed E-state index contributed by atoms with van der Waals surface area (Å²) in [7, 11) is 0. The molecule has 1 aromatic carbocycles. The molecule has 0 spiro atoms. The normalized spacial score (nSPS) is 19.0. The zero-order valence-corrected chi connectivity index (χ0v) is 15.5. The minimum atomic E-state index is -0.277. The lowest BCUT2D eigenvalue weighted by molar-refractivity contribution is -0.126. The first-order valence-electron chi connectivity index (χ1n) is 8.73. The summed E-state index contributed by atoms with van der Waals surface area (Å²) in [5, 5.41) is 3.69. The van der Waals surface area contributed by atoms with Crippen molar-refractivity contribution in [1.82, 2.24) is 5.32 Å². The van der Waals surface area contributed by atoms with Crippen molar-refractivity contribution in [2.45, 2.75) is 52.5 Å². The summed E-state index contributed by atoms with van der Waals surface area (Å²) < 4.78 is 0. The fraction of sp³-hybridized carbons (Fsp3) is 0.579. The third kappa shape index (κ3) is 5.23. The van der Waals surface area contributed by atoms with Gasteiger partial charge in [-0.25, -0.2) is 0 Å². The molecule has 24 heavy (non-hydrogen) atoms. The van der Waals surface area contributed by atoms with Crippen molar-refractivity contribution < 1.29 is 9.59 Å². The Bertz CT molecular complexity index is 571. The van der Waals surface area contributed by atoms with Crippen molar-refractivity contribution in [2.24, 2.45) is 11.8 Å². The largest absolute Gasteiger partial charge is 0.353 e. The highest BCUT2D eigenvalue weighted by Crippen LogP contribution is 2.26. The van der Waals surface area contributed by atoms with E-state index in [9.17, 15) is 9.59 Å². The first kappa shape index (κ1) is 18.8. The number of carbonyl (C=O) groups excluding carboxylic acids is 2. The lowest BCUT2D eigenvalue weighted by atomic mass is 10.0. The lowest BCUT2D eigenvalue weighted by Gasteiger charge is -2.19. The van der Waals surface area contributed by atoms with Crippen LogP contribution >= 0.6 is 11.6 Å². The number of anilines is 1. The second kappa shape index (κ2) is 8.52. The second-order valence-electron chi connectivity index (χ2n) is 7.12. The van der Waals surface area contributed by atoms with Gasteiger partial charge >= 0.3 is 0 Å². The summed E-state index contributed by atoms with van der Waals surface area (Å²) in [5.74, 6) is 0.385. The number of nitrogens with zero attached hydrogens (tertiary/aromatic N) is 1. The maximum atomic E-state index is 12.4. The number of carbonyl (C=O) groups is 2. The number of hydrogen-bond acceptors (Lipinski definition) is 2. The fourth-order valence-corrected chi connectivity index (χ4v) is 3.14. The van der Waals surface area contributed by atoms with Gasteiger partial charge < -0.3 is 10.2 Å². The van der Waals surface area contributed by atoms with E-state index in [4.69, 9.17) is 11.6 Å². The monoisotopic (exact) mass is 350 g/mol. The molecule has 2 amide bonds. The molecule has 0 unspecified atom stereocenters. The average Bonchev–Trinajstić information content (AvgIpc) is 2.90. The van der Waals surface area contributed by atoms with Crippen LogP contribution in [0.4, 0.5) is 5.69 Å². The first-order valence-corrected chi connectivity index (χ1v) is 9.11. The average molecular weight is 351 g/mol. The summed E-state index contributed by atoms with van der Waals surface area (Å²) in [5.41, 5.74) is 0.796. The van der Waals surface area contributed by atoms with Crippen LogP contribution in [0, 0.1) is 11.8 Å². The predicted molar refractivity (Wildman–Crippen MR) is 98.2 cm³/mol. The van der Waals surface area contributed by atoms with Gasteiger partial charge in [-0.2, -0.15) is 0 Å². The molecule has 1 heterocycles. The molecule has 2 atom stereocenters. The highest BCUT2D eigenvalue weighted by Gasteiger charge is 2.35. The Morgan fingerprint density at radius 2 is 1.92 bits per heavy atom. The van der Waals surface area contributed by atoms with Crippen LogP contribution in [0.3, 0.4) is 0 Å². The molecule has 0 bridgehead atoms. The lowest BCUT2D eigenvalue weighted by Crippen LogP contribution is -2.38. The summed E-state index contributed by atoms with van der Waals surface area (Å²) in [6.07, 6.45) is 3.53. The molecule has 132 valence electrons. The maximum absolute atomic E-state index is 12.4. The van der Waals surface area contributed by atoms with Crippen LogP contribution in [-0.2, 0) is 9.59 Å². The van der Waals surface area contributed by atoms with Gasteiger partial charge in [-0.1, -0.05) is 38.3 Å². The molecule has 0 radical (unpaired) electrons. The molecule has 4 nitrogen and oxygen atoms in total. The van der Waals surface area contributed by atoms with Crippen molar-refractivity contribution in [1.29, 1.82) is 0 Å². The molecular weight excluding hydrogens is 324 g/mol. The smallest absolute Gasteiger partial charge is 0.227 e. The van der Waals surface area contributed by atoms with E-state index in [1.54, 1.807) is 17.0 Å². The first-order chi connectivity index (χ1) is 11.4. The van der Waals surface area contributed by atoms with E-state index >= 15 is 0 Å². The molecule has 1 aliphatic heterocycles. The number of hydrogen-bond donors (Lipinski definition) is 1. The van der Waals surface area contributed by atoms with Gasteiger partial charge in [-0.05, 0) is 43.5 Å². The van der Waals surface area contributed by atoms with E-state index in [0.717, 1.165) is 18.5 Å². The maximum Gasteiger partial charge on any atom is 0.227 e. The van der Waals surface area contributed by atoms with Crippen LogP contribution in [0.2, 0.25) is 5.02 Å². The van der Waals surface area contributed by atoms with Crippen LogP contribution < -0.4 is 10.2 Å². The van der Waals surface area contributed by atoms with Gasteiger partial charge in [0.1, 0.15) is 0 Å². The Balaban J connectivity index is 1.85. The Hall–Kier alpha value is -1.55.